The molecule has 0 unspecified atom stereocenters. The van der Waals surface area contributed by atoms with Crippen molar-refractivity contribution in [1.82, 2.24) is 15.0 Å². The van der Waals surface area contributed by atoms with Crippen LogP contribution in [0.1, 0.15) is 0 Å². The number of anilines is 2. The number of ether oxygens (including phenoxy) is 1. The van der Waals surface area contributed by atoms with Crippen molar-refractivity contribution in [2.45, 2.75) is 4.90 Å². The molecule has 166 valence electrons. The number of hydrogen-bond acceptors (Lipinski definition) is 10. The first-order chi connectivity index (χ1) is 15.3. The highest BCUT2D eigenvalue weighted by Crippen LogP contribution is 2.36. The van der Waals surface area contributed by atoms with E-state index < -0.39 is 14.8 Å². The third-order valence-corrected chi connectivity index (χ3v) is 6.10. The molecule has 3 heterocycles. The Bertz CT molecular complexity index is 1210. The molecule has 0 N–H and O–H groups in total. The maximum atomic E-state index is 11.9. The Hall–Kier alpha value is -3.80. The van der Waals surface area contributed by atoms with Gasteiger partial charge in [0.05, 0.1) is 9.82 Å². The highest BCUT2D eigenvalue weighted by molar-refractivity contribution is 7.90. The summed E-state index contributed by atoms with van der Waals surface area (Å²) in [4.78, 5) is 27.8. The molecule has 3 aromatic rings. The summed E-state index contributed by atoms with van der Waals surface area (Å²) < 4.78 is 28.9. The van der Waals surface area contributed by atoms with E-state index in [1.165, 1.54) is 30.6 Å². The molecule has 0 amide bonds. The van der Waals surface area contributed by atoms with E-state index in [-0.39, 0.29) is 28.0 Å². The van der Waals surface area contributed by atoms with Crippen LogP contribution in [-0.4, -0.2) is 60.7 Å². The Morgan fingerprint density at radius 2 is 1.66 bits per heavy atom. The minimum absolute atomic E-state index is 0.119. The van der Waals surface area contributed by atoms with Crippen LogP contribution in [0.3, 0.4) is 0 Å². The number of benzene rings is 1. The molecule has 1 aliphatic rings. The number of hydrogen-bond donors (Lipinski definition) is 0. The van der Waals surface area contributed by atoms with Crippen LogP contribution in [0.5, 0.6) is 11.6 Å². The topological polar surface area (TPSA) is 132 Å². The molecule has 2 aromatic heterocycles. The van der Waals surface area contributed by atoms with E-state index in [1.54, 1.807) is 6.20 Å². The first kappa shape index (κ1) is 21.4. The number of sulfone groups is 1. The average molecular weight is 456 g/mol. The summed E-state index contributed by atoms with van der Waals surface area (Å²) in [6.07, 6.45) is 4.04. The summed E-state index contributed by atoms with van der Waals surface area (Å²) >= 11 is 0. The molecule has 1 saturated heterocycles. The highest BCUT2D eigenvalue weighted by atomic mass is 32.2. The summed E-state index contributed by atoms with van der Waals surface area (Å²) in [5.74, 6) is 1.05. The molecule has 0 bridgehead atoms. The number of rotatable bonds is 6. The number of pyridine rings is 1. The molecule has 1 fully saturated rings. The van der Waals surface area contributed by atoms with Crippen molar-refractivity contribution in [3.63, 3.8) is 0 Å². The van der Waals surface area contributed by atoms with Gasteiger partial charge in [-0.05, 0) is 36.4 Å². The van der Waals surface area contributed by atoms with Gasteiger partial charge in [-0.15, -0.1) is 0 Å². The fourth-order valence-corrected chi connectivity index (χ4v) is 4.00. The maximum absolute atomic E-state index is 11.9. The van der Waals surface area contributed by atoms with E-state index in [9.17, 15) is 18.5 Å². The van der Waals surface area contributed by atoms with Gasteiger partial charge in [-0.3, -0.25) is 10.1 Å². The van der Waals surface area contributed by atoms with Crippen molar-refractivity contribution in [2.75, 3.05) is 42.2 Å². The Labute approximate surface area is 184 Å². The van der Waals surface area contributed by atoms with Crippen LogP contribution in [0.15, 0.2) is 59.9 Å². The fourth-order valence-electron chi connectivity index (χ4n) is 3.37. The lowest BCUT2D eigenvalue weighted by molar-refractivity contribution is -0.385. The monoisotopic (exact) mass is 456 g/mol. The third-order valence-electron chi connectivity index (χ3n) is 4.97. The first-order valence-corrected chi connectivity index (χ1v) is 11.6. The van der Waals surface area contributed by atoms with Crippen LogP contribution < -0.4 is 14.5 Å². The number of piperazine rings is 1. The van der Waals surface area contributed by atoms with Gasteiger partial charge >= 0.3 is 11.6 Å². The molecular weight excluding hydrogens is 436 g/mol. The second-order valence-corrected chi connectivity index (χ2v) is 9.13. The Morgan fingerprint density at radius 3 is 2.25 bits per heavy atom. The van der Waals surface area contributed by atoms with Gasteiger partial charge in [-0.2, -0.15) is 4.98 Å². The van der Waals surface area contributed by atoms with Crippen LogP contribution in [0.2, 0.25) is 0 Å². The highest BCUT2D eigenvalue weighted by Gasteiger charge is 2.31. The Morgan fingerprint density at radius 1 is 0.969 bits per heavy atom. The minimum atomic E-state index is -3.36. The molecular formula is C20H20N6O5S. The summed E-state index contributed by atoms with van der Waals surface area (Å²) in [6.45, 7) is 2.27. The van der Waals surface area contributed by atoms with Crippen molar-refractivity contribution in [2.24, 2.45) is 0 Å². The molecule has 32 heavy (non-hydrogen) atoms. The van der Waals surface area contributed by atoms with Crippen molar-refractivity contribution in [3.05, 3.63) is 65.1 Å². The molecule has 0 spiro atoms. The van der Waals surface area contributed by atoms with Crippen LogP contribution in [0, 0.1) is 10.1 Å². The van der Waals surface area contributed by atoms with Gasteiger partial charge in [0.2, 0.25) is 5.82 Å². The maximum Gasteiger partial charge on any atom is 0.373 e. The number of aromatic nitrogens is 3. The molecule has 1 aliphatic heterocycles. The SMILES string of the molecule is CS(=O)(=O)c1ccc(Oc2ncnc(N3CCN(c4ccccn4)CC3)c2[N+](=O)[O-])cc1. The van der Waals surface area contributed by atoms with E-state index in [0.717, 1.165) is 12.1 Å². The zero-order valence-corrected chi connectivity index (χ0v) is 18.0. The molecule has 0 aliphatic carbocycles. The Balaban J connectivity index is 1.56. The van der Waals surface area contributed by atoms with E-state index in [2.05, 4.69) is 19.9 Å². The van der Waals surface area contributed by atoms with E-state index in [0.29, 0.717) is 26.2 Å². The Kier molecular flexibility index (Phi) is 5.86. The van der Waals surface area contributed by atoms with Gasteiger partial charge in [0.25, 0.3) is 0 Å². The lowest BCUT2D eigenvalue weighted by atomic mass is 10.3. The molecule has 12 heteroatoms. The lowest BCUT2D eigenvalue weighted by Crippen LogP contribution is -2.47. The zero-order valence-electron chi connectivity index (χ0n) is 17.2. The quantitative estimate of drug-likeness (QED) is 0.402. The van der Waals surface area contributed by atoms with Crippen molar-refractivity contribution < 1.29 is 18.1 Å². The summed E-state index contributed by atoms with van der Waals surface area (Å²) in [5, 5.41) is 11.9. The van der Waals surface area contributed by atoms with Crippen LogP contribution in [0.4, 0.5) is 17.3 Å². The molecule has 1 aromatic carbocycles. The molecule has 11 nitrogen and oxygen atoms in total. The number of nitro groups is 1. The smallest absolute Gasteiger partial charge is 0.373 e. The van der Waals surface area contributed by atoms with E-state index >= 15 is 0 Å². The molecule has 0 atom stereocenters. The van der Waals surface area contributed by atoms with Gasteiger partial charge < -0.3 is 14.5 Å². The normalized spacial score (nSPS) is 14.3. The van der Waals surface area contributed by atoms with Gasteiger partial charge in [0.1, 0.15) is 17.9 Å². The van der Waals surface area contributed by atoms with Crippen molar-refractivity contribution in [1.29, 1.82) is 0 Å². The average Bonchev–Trinajstić information content (AvgIpc) is 2.79. The van der Waals surface area contributed by atoms with Gasteiger partial charge in [-0.25, -0.2) is 18.4 Å². The second kappa shape index (κ2) is 8.75. The van der Waals surface area contributed by atoms with Gasteiger partial charge in [0.15, 0.2) is 9.84 Å². The summed E-state index contributed by atoms with van der Waals surface area (Å²) in [6, 6.07) is 11.3. The van der Waals surface area contributed by atoms with E-state index in [1.807, 2.05) is 23.1 Å². The molecule has 0 radical (unpaired) electrons. The van der Waals surface area contributed by atoms with Crippen LogP contribution in [0.25, 0.3) is 0 Å². The van der Waals surface area contributed by atoms with Crippen LogP contribution >= 0.6 is 0 Å². The largest absolute Gasteiger partial charge is 0.434 e. The minimum Gasteiger partial charge on any atom is -0.434 e. The first-order valence-electron chi connectivity index (χ1n) is 9.71. The lowest BCUT2D eigenvalue weighted by Gasteiger charge is -2.35. The van der Waals surface area contributed by atoms with Gasteiger partial charge in [-0.1, -0.05) is 6.07 Å². The summed E-state index contributed by atoms with van der Waals surface area (Å²) in [7, 11) is -3.36. The molecule has 0 saturated carbocycles. The predicted molar refractivity (Wildman–Crippen MR) is 117 cm³/mol. The third kappa shape index (κ3) is 4.59. The van der Waals surface area contributed by atoms with E-state index in [4.69, 9.17) is 4.74 Å². The number of nitrogens with zero attached hydrogens (tertiary/aromatic N) is 6. The van der Waals surface area contributed by atoms with Crippen LogP contribution in [-0.2, 0) is 9.84 Å². The van der Waals surface area contributed by atoms with Crippen molar-refractivity contribution >= 4 is 27.2 Å². The fraction of sp³-hybridized carbons (Fsp3) is 0.250. The summed E-state index contributed by atoms with van der Waals surface area (Å²) in [5.41, 5.74) is -0.342. The zero-order chi connectivity index (χ0) is 22.7. The predicted octanol–water partition coefficient (Wildman–Crippen LogP) is 2.30. The molecule has 4 rings (SSSR count). The second-order valence-electron chi connectivity index (χ2n) is 7.12. The van der Waals surface area contributed by atoms with Gasteiger partial charge in [0, 0.05) is 38.6 Å². The van der Waals surface area contributed by atoms with Crippen molar-refractivity contribution in [3.8, 4) is 11.6 Å². The standard InChI is InChI=1S/C20H20N6O5S/c1-32(29,30)16-7-5-15(6-8-16)31-20-18(26(27)28)19(22-14-23-20)25-12-10-24(11-13-25)17-4-2-3-9-21-17/h2-9,14H,10-13H2,1H3.